The maximum Gasteiger partial charge on any atom is 0.242 e. The molecule has 0 radical (unpaired) electrons. The van der Waals surface area contributed by atoms with Gasteiger partial charge >= 0.3 is 0 Å². The lowest BCUT2D eigenvalue weighted by atomic mass is 9.99. The van der Waals surface area contributed by atoms with E-state index in [1.165, 1.54) is 0 Å². The first-order valence-corrected chi connectivity index (χ1v) is 10.8. The van der Waals surface area contributed by atoms with Gasteiger partial charge in [0.2, 0.25) is 21.8 Å². The van der Waals surface area contributed by atoms with Crippen LogP contribution in [0.15, 0.2) is 0 Å². The van der Waals surface area contributed by atoms with E-state index in [0.29, 0.717) is 32.0 Å². The molecule has 0 aromatic heterocycles. The Balaban J connectivity index is 1.61. The lowest BCUT2D eigenvalue weighted by molar-refractivity contribution is -0.139. The molecule has 0 unspecified atom stereocenters. The second-order valence-electron chi connectivity index (χ2n) is 7.42. The monoisotopic (exact) mass is 357 g/mol. The average molecular weight is 357 g/mol. The molecule has 24 heavy (non-hydrogen) atoms. The fraction of sp³-hybridized carbons (Fsp3) is 0.875. The van der Waals surface area contributed by atoms with Crippen LogP contribution in [0, 0.1) is 11.8 Å². The molecule has 1 aliphatic carbocycles. The highest BCUT2D eigenvalue weighted by Gasteiger charge is 2.44. The first-order valence-electron chi connectivity index (χ1n) is 8.86. The predicted octanol–water partition coefficient (Wildman–Crippen LogP) is 0.175. The molecule has 0 aromatic carbocycles. The molecule has 0 bridgehead atoms. The van der Waals surface area contributed by atoms with Crippen molar-refractivity contribution in [3.63, 3.8) is 0 Å². The number of nitrogens with one attached hydrogen (secondary N) is 1. The summed E-state index contributed by atoms with van der Waals surface area (Å²) >= 11 is 0. The van der Waals surface area contributed by atoms with Crippen molar-refractivity contribution in [2.24, 2.45) is 11.8 Å². The van der Waals surface area contributed by atoms with Gasteiger partial charge in [-0.25, -0.2) is 13.1 Å². The molecule has 7 nitrogen and oxygen atoms in total. The average Bonchev–Trinajstić information content (AvgIpc) is 3.27. The third-order valence-electron chi connectivity index (χ3n) is 5.31. The molecular weight excluding hydrogens is 330 g/mol. The van der Waals surface area contributed by atoms with Crippen molar-refractivity contribution >= 4 is 21.8 Å². The Kier molecular flexibility index (Phi) is 5.15. The second kappa shape index (κ2) is 7.00. The Hall–Kier alpha value is -1.15. The van der Waals surface area contributed by atoms with Gasteiger partial charge in [-0.3, -0.25) is 9.59 Å². The van der Waals surface area contributed by atoms with Crippen molar-refractivity contribution in [1.82, 2.24) is 14.5 Å². The largest absolute Gasteiger partial charge is 0.339 e. The van der Waals surface area contributed by atoms with E-state index in [2.05, 4.69) is 4.72 Å². The van der Waals surface area contributed by atoms with Gasteiger partial charge in [0.25, 0.3) is 0 Å². The lowest BCUT2D eigenvalue weighted by Gasteiger charge is -2.24. The zero-order valence-corrected chi connectivity index (χ0v) is 15.1. The van der Waals surface area contributed by atoms with E-state index in [0.717, 1.165) is 38.4 Å². The normalized spacial score (nSPS) is 29.0. The summed E-state index contributed by atoms with van der Waals surface area (Å²) in [7, 11) is -3.29. The van der Waals surface area contributed by atoms with E-state index >= 15 is 0 Å². The van der Waals surface area contributed by atoms with Crippen LogP contribution in [0.25, 0.3) is 0 Å². The molecule has 3 aliphatic rings. The number of carbonyl (C=O) groups is 2. The van der Waals surface area contributed by atoms with Crippen LogP contribution in [0.2, 0.25) is 0 Å². The van der Waals surface area contributed by atoms with Gasteiger partial charge in [-0.05, 0) is 37.5 Å². The van der Waals surface area contributed by atoms with Crippen LogP contribution in [0.1, 0.15) is 38.5 Å². The molecule has 2 saturated heterocycles. The van der Waals surface area contributed by atoms with E-state index in [1.807, 2.05) is 0 Å². The number of nitrogens with zero attached hydrogens (tertiary/aromatic N) is 2. The zero-order chi connectivity index (χ0) is 17.3. The molecule has 2 atom stereocenters. The quantitative estimate of drug-likeness (QED) is 0.760. The summed E-state index contributed by atoms with van der Waals surface area (Å²) in [5.41, 5.74) is 0. The Morgan fingerprint density at radius 1 is 1.21 bits per heavy atom. The van der Waals surface area contributed by atoms with Gasteiger partial charge in [-0.2, -0.15) is 0 Å². The summed E-state index contributed by atoms with van der Waals surface area (Å²) in [4.78, 5) is 28.1. The van der Waals surface area contributed by atoms with Crippen LogP contribution in [0.3, 0.4) is 0 Å². The molecule has 1 N–H and O–H groups in total. The summed E-state index contributed by atoms with van der Waals surface area (Å²) in [6, 6.07) is -0.198. The van der Waals surface area contributed by atoms with Gasteiger partial charge in [0, 0.05) is 32.1 Å². The third-order valence-corrected chi connectivity index (χ3v) is 6.04. The molecular formula is C16H27N3O4S. The molecule has 8 heteroatoms. The van der Waals surface area contributed by atoms with Crippen molar-refractivity contribution in [1.29, 1.82) is 0 Å². The van der Waals surface area contributed by atoms with Gasteiger partial charge in [0.1, 0.15) is 0 Å². The summed E-state index contributed by atoms with van der Waals surface area (Å²) in [5, 5.41) is 0. The Labute approximate surface area is 143 Å². The fourth-order valence-corrected chi connectivity index (χ4v) is 4.70. The smallest absolute Gasteiger partial charge is 0.242 e. The standard InChI is InChI=1S/C16H27N3O4S/c1-24(22,23)17-14-10-19(9-13(14)12-6-7-12)16(21)11-18-8-4-2-3-5-15(18)20/h12-14,17H,2-11H2,1H3/t13-,14+/m1/s1. The summed E-state index contributed by atoms with van der Waals surface area (Å²) < 4.78 is 25.9. The molecule has 2 aliphatic heterocycles. The molecule has 1 saturated carbocycles. The number of rotatable bonds is 5. The van der Waals surface area contributed by atoms with Crippen molar-refractivity contribution < 1.29 is 18.0 Å². The number of carbonyl (C=O) groups excluding carboxylic acids is 2. The van der Waals surface area contributed by atoms with E-state index in [1.54, 1.807) is 9.80 Å². The van der Waals surface area contributed by atoms with Crippen LogP contribution in [0.4, 0.5) is 0 Å². The highest BCUT2D eigenvalue weighted by Crippen LogP contribution is 2.41. The van der Waals surface area contributed by atoms with Crippen LogP contribution in [-0.2, 0) is 19.6 Å². The minimum Gasteiger partial charge on any atom is -0.339 e. The minimum atomic E-state index is -3.29. The van der Waals surface area contributed by atoms with Crippen LogP contribution < -0.4 is 4.72 Å². The van der Waals surface area contributed by atoms with E-state index in [4.69, 9.17) is 0 Å². The van der Waals surface area contributed by atoms with Crippen LogP contribution in [-0.4, -0.2) is 68.5 Å². The predicted molar refractivity (Wildman–Crippen MR) is 89.6 cm³/mol. The SMILES string of the molecule is CS(=O)(=O)N[C@H]1CN(C(=O)CN2CCCCCC2=O)C[C@@H]1C1CC1. The molecule has 136 valence electrons. The Bertz CT molecular complexity index is 602. The summed E-state index contributed by atoms with van der Waals surface area (Å²) in [6.45, 7) is 1.78. The lowest BCUT2D eigenvalue weighted by Crippen LogP contribution is -2.43. The maximum absolute atomic E-state index is 12.6. The number of likely N-dealkylation sites (tertiary alicyclic amines) is 2. The molecule has 2 heterocycles. The van der Waals surface area contributed by atoms with Crippen LogP contribution >= 0.6 is 0 Å². The number of hydrogen-bond donors (Lipinski definition) is 1. The first-order chi connectivity index (χ1) is 11.3. The topological polar surface area (TPSA) is 86.8 Å². The fourth-order valence-electron chi connectivity index (χ4n) is 3.90. The Morgan fingerprint density at radius 2 is 1.96 bits per heavy atom. The molecule has 3 rings (SSSR count). The van der Waals surface area contributed by atoms with Crippen molar-refractivity contribution in [3.8, 4) is 0 Å². The molecule has 2 amide bonds. The van der Waals surface area contributed by atoms with E-state index in [-0.39, 0.29) is 30.3 Å². The number of hydrogen-bond acceptors (Lipinski definition) is 4. The van der Waals surface area contributed by atoms with Crippen molar-refractivity contribution in [3.05, 3.63) is 0 Å². The van der Waals surface area contributed by atoms with Gasteiger partial charge in [-0.15, -0.1) is 0 Å². The Morgan fingerprint density at radius 3 is 2.62 bits per heavy atom. The van der Waals surface area contributed by atoms with Crippen molar-refractivity contribution in [2.45, 2.75) is 44.6 Å². The van der Waals surface area contributed by atoms with E-state index in [9.17, 15) is 18.0 Å². The van der Waals surface area contributed by atoms with Crippen LogP contribution in [0.5, 0.6) is 0 Å². The molecule has 0 spiro atoms. The zero-order valence-electron chi connectivity index (χ0n) is 14.2. The number of sulfonamides is 1. The van der Waals surface area contributed by atoms with Gasteiger partial charge in [0.15, 0.2) is 0 Å². The first kappa shape index (κ1) is 17.7. The number of amides is 2. The summed E-state index contributed by atoms with van der Waals surface area (Å²) in [6.07, 6.45) is 6.79. The minimum absolute atomic E-state index is 0.0598. The highest BCUT2D eigenvalue weighted by molar-refractivity contribution is 7.88. The maximum atomic E-state index is 12.6. The van der Waals surface area contributed by atoms with Gasteiger partial charge in [-0.1, -0.05) is 6.42 Å². The summed E-state index contributed by atoms with van der Waals surface area (Å²) in [5.74, 6) is 0.712. The van der Waals surface area contributed by atoms with E-state index < -0.39 is 10.0 Å². The highest BCUT2D eigenvalue weighted by atomic mass is 32.2. The molecule has 0 aromatic rings. The van der Waals surface area contributed by atoms with Gasteiger partial charge in [0.05, 0.1) is 12.8 Å². The third kappa shape index (κ3) is 4.47. The van der Waals surface area contributed by atoms with Crippen molar-refractivity contribution in [2.75, 3.05) is 32.4 Å². The van der Waals surface area contributed by atoms with Gasteiger partial charge < -0.3 is 9.80 Å². The second-order valence-corrected chi connectivity index (χ2v) is 9.20. The molecule has 3 fully saturated rings.